The highest BCUT2D eigenvalue weighted by molar-refractivity contribution is 7.99. The van der Waals surface area contributed by atoms with Crippen LogP contribution in [0.2, 0.25) is 0 Å². The fraction of sp³-hybridized carbons (Fsp3) is 0.333. The van der Waals surface area contributed by atoms with Gasteiger partial charge >= 0.3 is 0 Å². The molecule has 0 aromatic heterocycles. The Bertz CT molecular complexity index is 697. The number of rotatable bonds is 9. The SMILES string of the molecule is CCN(CC)c1ccc(/C=N\NC(=O)[C@@H](C)SCc2ccccc2)cc1. The quantitative estimate of drug-likeness (QED) is 0.529. The van der Waals surface area contributed by atoms with E-state index in [0.717, 1.165) is 24.4 Å². The summed E-state index contributed by atoms with van der Waals surface area (Å²) in [5.74, 6) is 0.730. The molecule has 0 radical (unpaired) electrons. The Hall–Kier alpha value is -2.27. The first-order valence-electron chi connectivity index (χ1n) is 8.97. The molecule has 2 aromatic carbocycles. The molecule has 1 atom stereocenters. The van der Waals surface area contributed by atoms with Crippen molar-refractivity contribution in [1.82, 2.24) is 5.43 Å². The molecule has 0 heterocycles. The summed E-state index contributed by atoms with van der Waals surface area (Å²) in [7, 11) is 0. The van der Waals surface area contributed by atoms with E-state index >= 15 is 0 Å². The molecule has 0 aliphatic carbocycles. The van der Waals surface area contributed by atoms with Crippen molar-refractivity contribution < 1.29 is 4.79 Å². The second-order valence-electron chi connectivity index (χ2n) is 5.94. The Kier molecular flexibility index (Phi) is 8.22. The first-order valence-corrected chi connectivity index (χ1v) is 10.0. The van der Waals surface area contributed by atoms with Crippen LogP contribution < -0.4 is 10.3 Å². The maximum absolute atomic E-state index is 12.1. The Morgan fingerprint density at radius 2 is 1.77 bits per heavy atom. The molecule has 0 fully saturated rings. The van der Waals surface area contributed by atoms with Crippen molar-refractivity contribution in [2.24, 2.45) is 5.10 Å². The molecule has 0 aliphatic rings. The molecule has 0 bridgehead atoms. The van der Waals surface area contributed by atoms with E-state index in [1.165, 1.54) is 11.3 Å². The van der Waals surface area contributed by atoms with Crippen LogP contribution in [0.5, 0.6) is 0 Å². The van der Waals surface area contributed by atoms with Crippen molar-refractivity contribution in [3.05, 3.63) is 65.7 Å². The summed E-state index contributed by atoms with van der Waals surface area (Å²) in [4.78, 5) is 14.4. The number of anilines is 1. The van der Waals surface area contributed by atoms with Crippen molar-refractivity contribution in [2.75, 3.05) is 18.0 Å². The fourth-order valence-corrected chi connectivity index (χ4v) is 3.33. The smallest absolute Gasteiger partial charge is 0.252 e. The van der Waals surface area contributed by atoms with Gasteiger partial charge in [0.15, 0.2) is 0 Å². The van der Waals surface area contributed by atoms with E-state index in [0.29, 0.717) is 0 Å². The highest BCUT2D eigenvalue weighted by Crippen LogP contribution is 2.17. The topological polar surface area (TPSA) is 44.7 Å². The zero-order valence-electron chi connectivity index (χ0n) is 15.7. The Labute approximate surface area is 160 Å². The minimum Gasteiger partial charge on any atom is -0.372 e. The fourth-order valence-electron chi connectivity index (χ4n) is 2.49. The summed E-state index contributed by atoms with van der Waals surface area (Å²) in [6, 6.07) is 18.3. The number of carbonyl (C=O) groups is 1. The van der Waals surface area contributed by atoms with Crippen molar-refractivity contribution in [3.8, 4) is 0 Å². The summed E-state index contributed by atoms with van der Waals surface area (Å²) in [5, 5.41) is 3.93. The van der Waals surface area contributed by atoms with E-state index in [1.807, 2.05) is 37.3 Å². The van der Waals surface area contributed by atoms with Crippen LogP contribution in [0.15, 0.2) is 59.7 Å². The minimum absolute atomic E-state index is 0.0815. The molecule has 0 saturated heterocycles. The van der Waals surface area contributed by atoms with Crippen molar-refractivity contribution >= 4 is 29.6 Å². The van der Waals surface area contributed by atoms with Crippen LogP contribution in [0.4, 0.5) is 5.69 Å². The standard InChI is InChI=1S/C21H27N3OS/c1-4-24(5-2)20-13-11-18(12-14-20)15-22-23-21(25)17(3)26-16-19-9-7-6-8-10-19/h6-15,17H,4-5,16H2,1-3H3,(H,23,25)/b22-15-/t17-/m1/s1. The number of benzene rings is 2. The highest BCUT2D eigenvalue weighted by Gasteiger charge is 2.12. The van der Waals surface area contributed by atoms with Crippen LogP contribution in [0.3, 0.4) is 0 Å². The number of hydrazone groups is 1. The number of nitrogens with one attached hydrogen (secondary N) is 1. The number of thioether (sulfide) groups is 1. The highest BCUT2D eigenvalue weighted by atomic mass is 32.2. The molecule has 2 rings (SSSR count). The average Bonchev–Trinajstić information content (AvgIpc) is 2.69. The van der Waals surface area contributed by atoms with Crippen LogP contribution >= 0.6 is 11.8 Å². The number of hydrogen-bond donors (Lipinski definition) is 1. The van der Waals surface area contributed by atoms with Crippen LogP contribution in [0.25, 0.3) is 0 Å². The molecule has 138 valence electrons. The van der Waals surface area contributed by atoms with Gasteiger partial charge in [-0.05, 0) is 44.0 Å². The third kappa shape index (κ3) is 6.23. The van der Waals surface area contributed by atoms with E-state index < -0.39 is 0 Å². The molecule has 0 unspecified atom stereocenters. The van der Waals surface area contributed by atoms with E-state index in [1.54, 1.807) is 18.0 Å². The van der Waals surface area contributed by atoms with Gasteiger partial charge in [0.05, 0.1) is 11.5 Å². The van der Waals surface area contributed by atoms with Gasteiger partial charge in [0.25, 0.3) is 5.91 Å². The first kappa shape index (κ1) is 20.0. The lowest BCUT2D eigenvalue weighted by atomic mass is 10.2. The molecule has 26 heavy (non-hydrogen) atoms. The zero-order chi connectivity index (χ0) is 18.8. The van der Waals surface area contributed by atoms with Gasteiger partial charge in [-0.1, -0.05) is 42.5 Å². The molecule has 0 saturated carbocycles. The van der Waals surface area contributed by atoms with Gasteiger partial charge in [0.2, 0.25) is 0 Å². The molecular formula is C21H27N3OS. The van der Waals surface area contributed by atoms with Gasteiger partial charge in [0.1, 0.15) is 0 Å². The predicted octanol–water partition coefficient (Wildman–Crippen LogP) is 4.30. The summed E-state index contributed by atoms with van der Waals surface area (Å²) < 4.78 is 0. The Balaban J connectivity index is 1.80. The largest absolute Gasteiger partial charge is 0.372 e. The summed E-state index contributed by atoms with van der Waals surface area (Å²) >= 11 is 1.60. The predicted molar refractivity (Wildman–Crippen MR) is 113 cm³/mol. The van der Waals surface area contributed by atoms with E-state index in [2.05, 4.69) is 53.5 Å². The third-order valence-electron chi connectivity index (χ3n) is 4.12. The molecule has 1 N–H and O–H groups in total. The maximum atomic E-state index is 12.1. The molecule has 1 amide bonds. The Morgan fingerprint density at radius 3 is 2.38 bits per heavy atom. The maximum Gasteiger partial charge on any atom is 0.252 e. The van der Waals surface area contributed by atoms with E-state index in [-0.39, 0.29) is 11.2 Å². The van der Waals surface area contributed by atoms with Gasteiger partial charge < -0.3 is 4.90 Å². The van der Waals surface area contributed by atoms with Crippen molar-refractivity contribution in [1.29, 1.82) is 0 Å². The average molecular weight is 370 g/mol. The lowest BCUT2D eigenvalue weighted by Crippen LogP contribution is -2.27. The molecule has 0 aliphatic heterocycles. The summed E-state index contributed by atoms with van der Waals surface area (Å²) in [5.41, 5.74) is 6.00. The van der Waals surface area contributed by atoms with Gasteiger partial charge in [-0.3, -0.25) is 4.79 Å². The lowest BCUT2D eigenvalue weighted by Gasteiger charge is -2.20. The number of amides is 1. The van der Waals surface area contributed by atoms with E-state index in [9.17, 15) is 4.79 Å². The van der Waals surface area contributed by atoms with Gasteiger partial charge in [-0.15, -0.1) is 11.8 Å². The van der Waals surface area contributed by atoms with Crippen molar-refractivity contribution in [2.45, 2.75) is 31.8 Å². The van der Waals surface area contributed by atoms with Crippen LogP contribution in [0, 0.1) is 0 Å². The van der Waals surface area contributed by atoms with Gasteiger partial charge in [-0.25, -0.2) is 5.43 Å². The number of nitrogens with zero attached hydrogens (tertiary/aromatic N) is 2. The van der Waals surface area contributed by atoms with Gasteiger partial charge in [-0.2, -0.15) is 5.10 Å². The summed E-state index contributed by atoms with van der Waals surface area (Å²) in [6.45, 7) is 8.16. The normalized spacial score (nSPS) is 12.1. The summed E-state index contributed by atoms with van der Waals surface area (Å²) in [6.07, 6.45) is 1.68. The van der Waals surface area contributed by atoms with E-state index in [4.69, 9.17) is 0 Å². The van der Waals surface area contributed by atoms with Crippen molar-refractivity contribution in [3.63, 3.8) is 0 Å². The third-order valence-corrected chi connectivity index (χ3v) is 5.34. The number of carbonyl (C=O) groups excluding carboxylic acids is 1. The first-order chi connectivity index (χ1) is 12.6. The monoisotopic (exact) mass is 369 g/mol. The molecular weight excluding hydrogens is 342 g/mol. The van der Waals surface area contributed by atoms with Crippen LogP contribution in [0.1, 0.15) is 31.9 Å². The lowest BCUT2D eigenvalue weighted by molar-refractivity contribution is -0.120. The Morgan fingerprint density at radius 1 is 1.12 bits per heavy atom. The second kappa shape index (κ2) is 10.7. The molecule has 4 nitrogen and oxygen atoms in total. The van der Waals surface area contributed by atoms with Gasteiger partial charge in [0, 0.05) is 24.5 Å². The van der Waals surface area contributed by atoms with Crippen LogP contribution in [-0.2, 0) is 10.5 Å². The molecule has 0 spiro atoms. The molecule has 5 heteroatoms. The minimum atomic E-state index is -0.155. The second-order valence-corrected chi connectivity index (χ2v) is 7.27. The van der Waals surface area contributed by atoms with Crippen LogP contribution in [-0.4, -0.2) is 30.5 Å². The number of hydrogen-bond acceptors (Lipinski definition) is 4. The zero-order valence-corrected chi connectivity index (χ0v) is 16.5. The molecule has 2 aromatic rings.